The molecule has 1 fully saturated rings. The number of likely N-dealkylation sites (tertiary alicyclic amines) is 1. The Morgan fingerprint density at radius 2 is 1.79 bits per heavy atom. The zero-order chi connectivity index (χ0) is 25.2. The number of amides is 2. The van der Waals surface area contributed by atoms with Gasteiger partial charge < -0.3 is 29.8 Å². The van der Waals surface area contributed by atoms with E-state index >= 15 is 0 Å². The molecular weight excluding hydrogens is 485 g/mol. The molecule has 3 N–H and O–H groups in total. The maximum Gasteiger partial charge on any atom is 0.410 e. The minimum absolute atomic E-state index is 0.0193. The van der Waals surface area contributed by atoms with Gasteiger partial charge in [-0.15, -0.1) is 0 Å². The lowest BCUT2D eigenvalue weighted by molar-refractivity contribution is 0.0127. The topological polar surface area (TPSA) is 121 Å². The third kappa shape index (κ3) is 6.15. The Kier molecular flexibility index (Phi) is 7.67. The maximum atomic E-state index is 12.8. The van der Waals surface area contributed by atoms with Gasteiger partial charge in [-0.3, -0.25) is 4.79 Å². The van der Waals surface area contributed by atoms with Crippen molar-refractivity contribution in [3.8, 4) is 5.75 Å². The molecule has 11 heteroatoms. The van der Waals surface area contributed by atoms with Crippen LogP contribution in [0.1, 0.15) is 60.2 Å². The highest BCUT2D eigenvalue weighted by Gasteiger charge is 2.28. The first-order valence-electron chi connectivity index (χ1n) is 10.7. The number of halogens is 2. The molecule has 0 saturated carbocycles. The summed E-state index contributed by atoms with van der Waals surface area (Å²) < 4.78 is 11.5. The van der Waals surface area contributed by atoms with Crippen LogP contribution in [0, 0.1) is 6.92 Å². The number of anilines is 1. The Morgan fingerprint density at radius 3 is 2.32 bits per heavy atom. The van der Waals surface area contributed by atoms with Crippen LogP contribution in [0.3, 0.4) is 0 Å². The van der Waals surface area contributed by atoms with Crippen molar-refractivity contribution < 1.29 is 29.0 Å². The van der Waals surface area contributed by atoms with Crippen molar-refractivity contribution in [3.05, 3.63) is 45.2 Å². The van der Waals surface area contributed by atoms with Gasteiger partial charge in [-0.2, -0.15) is 0 Å². The lowest BCUT2D eigenvalue weighted by Gasteiger charge is -2.33. The van der Waals surface area contributed by atoms with E-state index in [-0.39, 0.29) is 39.2 Å². The molecule has 1 aliphatic rings. The summed E-state index contributed by atoms with van der Waals surface area (Å²) in [6, 6.07) is 4.20. The van der Waals surface area contributed by atoms with Crippen LogP contribution in [0.4, 0.5) is 10.5 Å². The Balaban J connectivity index is 1.74. The molecule has 0 aliphatic carbocycles. The van der Waals surface area contributed by atoms with Gasteiger partial charge in [0.2, 0.25) is 0 Å². The number of nitrogens with one attached hydrogen (secondary N) is 2. The second kappa shape index (κ2) is 10.1. The van der Waals surface area contributed by atoms with Crippen molar-refractivity contribution in [2.45, 2.75) is 52.2 Å². The van der Waals surface area contributed by atoms with Crippen molar-refractivity contribution in [1.29, 1.82) is 0 Å². The van der Waals surface area contributed by atoms with E-state index in [9.17, 15) is 19.5 Å². The molecule has 0 bridgehead atoms. The molecule has 3 rings (SSSR count). The maximum absolute atomic E-state index is 12.8. The quantitative estimate of drug-likeness (QED) is 0.496. The number of piperidine rings is 1. The molecule has 2 amide bonds. The molecule has 2 heterocycles. The predicted molar refractivity (Wildman–Crippen MR) is 128 cm³/mol. The second-order valence-electron chi connectivity index (χ2n) is 9.01. The van der Waals surface area contributed by atoms with E-state index in [0.29, 0.717) is 37.4 Å². The third-order valence-electron chi connectivity index (χ3n) is 5.14. The molecule has 34 heavy (non-hydrogen) atoms. The van der Waals surface area contributed by atoms with E-state index in [1.807, 2.05) is 20.8 Å². The summed E-state index contributed by atoms with van der Waals surface area (Å²) in [4.78, 5) is 41.0. The Morgan fingerprint density at radius 1 is 1.15 bits per heavy atom. The third-order valence-corrected chi connectivity index (χ3v) is 6.09. The van der Waals surface area contributed by atoms with Gasteiger partial charge in [0.1, 0.15) is 23.1 Å². The zero-order valence-electron chi connectivity index (χ0n) is 19.3. The summed E-state index contributed by atoms with van der Waals surface area (Å²) >= 11 is 12.2. The van der Waals surface area contributed by atoms with Gasteiger partial charge >= 0.3 is 12.1 Å². The van der Waals surface area contributed by atoms with Crippen LogP contribution in [-0.2, 0) is 4.74 Å². The average molecular weight is 512 g/mol. The van der Waals surface area contributed by atoms with Crippen LogP contribution in [0.2, 0.25) is 10.0 Å². The fraction of sp³-hybridized carbons (Fsp3) is 0.435. The molecular formula is C23H27Cl2N3O6. The number of benzene rings is 1. The standard InChI is InChI=1S/C23H27Cl2N3O6/c1-12-17(24)18(25)19(26-12)20(29)27-15-11-13(21(30)31)5-6-16(15)33-14-7-9-28(10-8-14)22(32)34-23(2,3)4/h5-6,11,14,26H,7-10H2,1-4H3,(H,27,29)(H,30,31). The highest BCUT2D eigenvalue weighted by atomic mass is 35.5. The second-order valence-corrected chi connectivity index (χ2v) is 9.76. The van der Waals surface area contributed by atoms with E-state index in [0.717, 1.165) is 0 Å². The van der Waals surface area contributed by atoms with Crippen LogP contribution < -0.4 is 10.1 Å². The summed E-state index contributed by atoms with van der Waals surface area (Å²) in [6.07, 6.45) is 0.479. The summed E-state index contributed by atoms with van der Waals surface area (Å²) in [5, 5.41) is 12.3. The highest BCUT2D eigenvalue weighted by molar-refractivity contribution is 6.44. The van der Waals surface area contributed by atoms with Crippen molar-refractivity contribution in [3.63, 3.8) is 0 Å². The number of hydrogen-bond acceptors (Lipinski definition) is 5. The lowest BCUT2D eigenvalue weighted by Crippen LogP contribution is -2.44. The number of carboxylic acids is 1. The van der Waals surface area contributed by atoms with Gasteiger partial charge in [0.15, 0.2) is 0 Å². The number of H-pyrrole nitrogens is 1. The van der Waals surface area contributed by atoms with Gasteiger partial charge in [-0.25, -0.2) is 9.59 Å². The smallest absolute Gasteiger partial charge is 0.410 e. The molecule has 0 unspecified atom stereocenters. The van der Waals surface area contributed by atoms with E-state index < -0.39 is 17.5 Å². The minimum atomic E-state index is -1.15. The largest absolute Gasteiger partial charge is 0.488 e. The number of aromatic amines is 1. The molecule has 1 aromatic carbocycles. The number of hydrogen-bond donors (Lipinski definition) is 3. The summed E-state index contributed by atoms with van der Waals surface area (Å²) in [5.41, 5.74) is 0.174. The van der Waals surface area contributed by atoms with Gasteiger partial charge in [0.05, 0.1) is 21.3 Å². The molecule has 0 radical (unpaired) electrons. The molecule has 2 aromatic rings. The van der Waals surface area contributed by atoms with Crippen LogP contribution in [0.25, 0.3) is 0 Å². The molecule has 184 valence electrons. The minimum Gasteiger partial charge on any atom is -0.488 e. The van der Waals surface area contributed by atoms with Crippen LogP contribution in [0.5, 0.6) is 5.75 Å². The van der Waals surface area contributed by atoms with Crippen LogP contribution in [0.15, 0.2) is 18.2 Å². The zero-order valence-corrected chi connectivity index (χ0v) is 20.8. The van der Waals surface area contributed by atoms with Crippen LogP contribution in [-0.4, -0.2) is 57.8 Å². The average Bonchev–Trinajstić information content (AvgIpc) is 3.01. The number of carbonyl (C=O) groups is 3. The van der Waals surface area contributed by atoms with E-state index in [2.05, 4.69) is 10.3 Å². The number of aryl methyl sites for hydroxylation is 1. The number of aromatic nitrogens is 1. The SMILES string of the molecule is Cc1[nH]c(C(=O)Nc2cc(C(=O)O)ccc2OC2CCN(C(=O)OC(C)(C)C)CC2)c(Cl)c1Cl. The van der Waals surface area contributed by atoms with Crippen molar-refractivity contribution >= 4 is 46.9 Å². The number of carbonyl (C=O) groups excluding carboxylic acids is 2. The predicted octanol–water partition coefficient (Wildman–Crippen LogP) is 5.36. The fourth-order valence-electron chi connectivity index (χ4n) is 3.44. The molecule has 1 aromatic heterocycles. The normalized spacial score (nSPS) is 14.6. The van der Waals surface area contributed by atoms with Crippen molar-refractivity contribution in [2.24, 2.45) is 0 Å². The van der Waals surface area contributed by atoms with E-state index in [1.54, 1.807) is 11.8 Å². The Hall–Kier alpha value is -2.91. The highest BCUT2D eigenvalue weighted by Crippen LogP contribution is 2.32. The van der Waals surface area contributed by atoms with Gasteiger partial charge in [0, 0.05) is 31.6 Å². The number of nitrogens with zero attached hydrogens (tertiary/aromatic N) is 1. The lowest BCUT2D eigenvalue weighted by atomic mass is 10.1. The number of aromatic carboxylic acids is 1. The summed E-state index contributed by atoms with van der Waals surface area (Å²) in [7, 11) is 0. The molecule has 0 spiro atoms. The Labute approximate surface area is 207 Å². The molecule has 9 nitrogen and oxygen atoms in total. The molecule has 1 aliphatic heterocycles. The van der Waals surface area contributed by atoms with Crippen molar-refractivity contribution in [1.82, 2.24) is 9.88 Å². The van der Waals surface area contributed by atoms with Gasteiger partial charge in [-0.1, -0.05) is 23.2 Å². The number of rotatable bonds is 5. The number of carboxylic acid groups (broad SMARTS) is 1. The first-order chi connectivity index (χ1) is 15.9. The number of ether oxygens (including phenoxy) is 2. The first kappa shape index (κ1) is 25.7. The Bertz CT molecular complexity index is 1100. The van der Waals surface area contributed by atoms with Crippen LogP contribution >= 0.6 is 23.2 Å². The van der Waals surface area contributed by atoms with E-state index in [1.165, 1.54) is 18.2 Å². The molecule has 1 saturated heterocycles. The van der Waals surface area contributed by atoms with E-state index in [4.69, 9.17) is 32.7 Å². The monoisotopic (exact) mass is 511 g/mol. The summed E-state index contributed by atoms with van der Waals surface area (Å²) in [5.74, 6) is -1.43. The van der Waals surface area contributed by atoms with Crippen molar-refractivity contribution in [2.75, 3.05) is 18.4 Å². The van der Waals surface area contributed by atoms with Gasteiger partial charge in [0.25, 0.3) is 5.91 Å². The summed E-state index contributed by atoms with van der Waals surface area (Å²) in [6.45, 7) is 8.01. The van der Waals surface area contributed by atoms with Gasteiger partial charge in [-0.05, 0) is 45.9 Å². The fourth-order valence-corrected chi connectivity index (χ4v) is 3.86. The first-order valence-corrected chi connectivity index (χ1v) is 11.5. The molecule has 0 atom stereocenters.